The van der Waals surface area contributed by atoms with Gasteiger partial charge in [0.2, 0.25) is 0 Å². The van der Waals surface area contributed by atoms with E-state index in [1.807, 2.05) is 0 Å². The summed E-state index contributed by atoms with van der Waals surface area (Å²) in [6, 6.07) is 0.673. The highest BCUT2D eigenvalue weighted by Crippen LogP contribution is 2.17. The van der Waals surface area contributed by atoms with E-state index >= 15 is 0 Å². The molecular formula is C17H33N5. The van der Waals surface area contributed by atoms with Crippen LogP contribution in [-0.4, -0.2) is 73.2 Å². The Morgan fingerprint density at radius 1 is 1.27 bits per heavy atom. The van der Waals surface area contributed by atoms with Crippen molar-refractivity contribution in [3.63, 3.8) is 0 Å². The minimum absolute atomic E-state index is 0.162. The Morgan fingerprint density at radius 3 is 2.64 bits per heavy atom. The van der Waals surface area contributed by atoms with Gasteiger partial charge in [-0.15, -0.1) is 0 Å². The van der Waals surface area contributed by atoms with Crippen molar-refractivity contribution in [2.75, 3.05) is 45.8 Å². The molecule has 0 saturated carbocycles. The van der Waals surface area contributed by atoms with Gasteiger partial charge in [0.15, 0.2) is 5.96 Å². The monoisotopic (exact) mass is 307 g/mol. The lowest BCUT2D eigenvalue weighted by molar-refractivity contribution is 0.259. The second-order valence-electron chi connectivity index (χ2n) is 7.23. The number of hydrogen-bond donors (Lipinski definition) is 2. The predicted molar refractivity (Wildman–Crippen MR) is 94.4 cm³/mol. The number of nitrogens with one attached hydrogen (secondary N) is 2. The standard InChI is InChI=1S/C17H33N5/c1-5-18-16(19-9-10-20-17(2,3)4)22-13-8-15(14-22)21-11-6-7-12-21/h6-7,15,20H,5,8-14H2,1-4H3,(H,18,19). The smallest absolute Gasteiger partial charge is 0.194 e. The molecule has 0 aromatic heterocycles. The van der Waals surface area contributed by atoms with E-state index < -0.39 is 0 Å². The molecule has 0 aromatic carbocycles. The fourth-order valence-electron chi connectivity index (χ4n) is 3.04. The Bertz CT molecular complexity index is 388. The van der Waals surface area contributed by atoms with Gasteiger partial charge in [0.1, 0.15) is 0 Å². The highest BCUT2D eigenvalue weighted by atomic mass is 15.3. The molecule has 126 valence electrons. The number of aliphatic imine (C=N–C) groups is 1. The molecule has 2 heterocycles. The zero-order chi connectivity index (χ0) is 16.0. The maximum atomic E-state index is 4.79. The third-order valence-electron chi connectivity index (χ3n) is 4.19. The Morgan fingerprint density at radius 2 is 2.00 bits per heavy atom. The molecule has 0 bridgehead atoms. The molecule has 1 saturated heterocycles. The Labute approximate surface area is 135 Å². The Kier molecular flexibility index (Phi) is 6.26. The van der Waals surface area contributed by atoms with E-state index in [0.29, 0.717) is 6.04 Å². The first kappa shape index (κ1) is 17.3. The van der Waals surface area contributed by atoms with Gasteiger partial charge in [-0.2, -0.15) is 0 Å². The lowest BCUT2D eigenvalue weighted by atomic mass is 10.1. The second kappa shape index (κ2) is 7.97. The van der Waals surface area contributed by atoms with E-state index in [1.165, 1.54) is 6.42 Å². The lowest BCUT2D eigenvalue weighted by Gasteiger charge is -2.25. The van der Waals surface area contributed by atoms with Gasteiger partial charge in [-0.05, 0) is 34.1 Å². The van der Waals surface area contributed by atoms with Crippen LogP contribution in [0.1, 0.15) is 34.1 Å². The van der Waals surface area contributed by atoms with Crippen molar-refractivity contribution in [2.45, 2.75) is 45.7 Å². The van der Waals surface area contributed by atoms with Crippen molar-refractivity contribution in [3.05, 3.63) is 12.2 Å². The van der Waals surface area contributed by atoms with E-state index in [0.717, 1.165) is 51.8 Å². The minimum atomic E-state index is 0.162. The quantitative estimate of drug-likeness (QED) is 0.348. The number of likely N-dealkylation sites (tertiary alicyclic amines) is 1. The normalized spacial score (nSPS) is 23.5. The molecule has 0 amide bonds. The van der Waals surface area contributed by atoms with Gasteiger partial charge < -0.3 is 15.5 Å². The van der Waals surface area contributed by atoms with Gasteiger partial charge in [0, 0.05) is 50.8 Å². The van der Waals surface area contributed by atoms with E-state index in [-0.39, 0.29) is 5.54 Å². The van der Waals surface area contributed by atoms with E-state index in [2.05, 4.69) is 60.3 Å². The summed E-state index contributed by atoms with van der Waals surface area (Å²) in [6.45, 7) is 15.8. The molecule has 0 radical (unpaired) electrons. The SMILES string of the molecule is CCNC(=NCCNC(C)(C)C)N1CCC(N2CC=CC2)C1. The molecule has 2 aliphatic heterocycles. The van der Waals surface area contributed by atoms with Gasteiger partial charge in [0.25, 0.3) is 0 Å². The van der Waals surface area contributed by atoms with Crippen LogP contribution in [0.2, 0.25) is 0 Å². The van der Waals surface area contributed by atoms with Crippen molar-refractivity contribution in [2.24, 2.45) is 4.99 Å². The third-order valence-corrected chi connectivity index (χ3v) is 4.19. The van der Waals surface area contributed by atoms with Crippen LogP contribution in [0.5, 0.6) is 0 Å². The molecule has 0 aliphatic carbocycles. The molecule has 2 rings (SSSR count). The van der Waals surface area contributed by atoms with Crippen LogP contribution in [0.3, 0.4) is 0 Å². The van der Waals surface area contributed by atoms with Crippen molar-refractivity contribution < 1.29 is 0 Å². The fourth-order valence-corrected chi connectivity index (χ4v) is 3.04. The highest BCUT2D eigenvalue weighted by molar-refractivity contribution is 5.80. The minimum Gasteiger partial charge on any atom is -0.357 e. The van der Waals surface area contributed by atoms with Gasteiger partial charge >= 0.3 is 0 Å². The first-order chi connectivity index (χ1) is 10.5. The number of nitrogens with zero attached hydrogens (tertiary/aromatic N) is 3. The highest BCUT2D eigenvalue weighted by Gasteiger charge is 2.29. The van der Waals surface area contributed by atoms with Crippen molar-refractivity contribution in [3.8, 4) is 0 Å². The largest absolute Gasteiger partial charge is 0.357 e. The van der Waals surface area contributed by atoms with Gasteiger partial charge in [-0.1, -0.05) is 12.2 Å². The lowest BCUT2D eigenvalue weighted by Crippen LogP contribution is -2.43. The maximum absolute atomic E-state index is 4.79. The molecule has 1 unspecified atom stereocenters. The molecule has 2 N–H and O–H groups in total. The molecule has 1 atom stereocenters. The predicted octanol–water partition coefficient (Wildman–Crippen LogP) is 1.29. The second-order valence-corrected chi connectivity index (χ2v) is 7.23. The molecule has 0 spiro atoms. The van der Waals surface area contributed by atoms with Crippen LogP contribution in [0.25, 0.3) is 0 Å². The van der Waals surface area contributed by atoms with Crippen molar-refractivity contribution in [1.82, 2.24) is 20.4 Å². The van der Waals surface area contributed by atoms with Crippen LogP contribution in [0, 0.1) is 0 Å². The van der Waals surface area contributed by atoms with Gasteiger partial charge in [-0.25, -0.2) is 0 Å². The van der Waals surface area contributed by atoms with Crippen molar-refractivity contribution in [1.29, 1.82) is 0 Å². The summed E-state index contributed by atoms with van der Waals surface area (Å²) < 4.78 is 0. The molecular weight excluding hydrogens is 274 g/mol. The molecule has 22 heavy (non-hydrogen) atoms. The summed E-state index contributed by atoms with van der Waals surface area (Å²) in [7, 11) is 0. The average Bonchev–Trinajstić information content (AvgIpc) is 3.10. The summed E-state index contributed by atoms with van der Waals surface area (Å²) in [5.41, 5.74) is 0.162. The van der Waals surface area contributed by atoms with E-state index in [4.69, 9.17) is 4.99 Å². The number of guanidine groups is 1. The summed E-state index contributed by atoms with van der Waals surface area (Å²) in [4.78, 5) is 9.77. The molecule has 0 aromatic rings. The zero-order valence-electron chi connectivity index (χ0n) is 14.7. The Balaban J connectivity index is 1.82. The first-order valence-corrected chi connectivity index (χ1v) is 8.67. The fraction of sp³-hybridized carbons (Fsp3) is 0.824. The topological polar surface area (TPSA) is 42.9 Å². The van der Waals surface area contributed by atoms with Crippen LogP contribution in [0.15, 0.2) is 17.1 Å². The molecule has 5 heteroatoms. The number of rotatable bonds is 5. The average molecular weight is 307 g/mol. The van der Waals surface area contributed by atoms with Crippen molar-refractivity contribution >= 4 is 5.96 Å². The molecule has 1 fully saturated rings. The molecule has 2 aliphatic rings. The van der Waals surface area contributed by atoms with E-state index in [1.54, 1.807) is 0 Å². The maximum Gasteiger partial charge on any atom is 0.194 e. The number of hydrogen-bond acceptors (Lipinski definition) is 3. The summed E-state index contributed by atoms with van der Waals surface area (Å²) in [6.07, 6.45) is 5.80. The summed E-state index contributed by atoms with van der Waals surface area (Å²) >= 11 is 0. The molecule has 5 nitrogen and oxygen atoms in total. The van der Waals surface area contributed by atoms with Crippen LogP contribution in [-0.2, 0) is 0 Å². The van der Waals surface area contributed by atoms with Crippen LogP contribution in [0.4, 0.5) is 0 Å². The van der Waals surface area contributed by atoms with Crippen LogP contribution < -0.4 is 10.6 Å². The zero-order valence-corrected chi connectivity index (χ0v) is 14.7. The van der Waals surface area contributed by atoms with Crippen LogP contribution >= 0.6 is 0 Å². The summed E-state index contributed by atoms with van der Waals surface area (Å²) in [5, 5.41) is 6.94. The van der Waals surface area contributed by atoms with Gasteiger partial charge in [0.05, 0.1) is 6.54 Å². The van der Waals surface area contributed by atoms with E-state index in [9.17, 15) is 0 Å². The summed E-state index contributed by atoms with van der Waals surface area (Å²) in [5.74, 6) is 1.08. The Hall–Kier alpha value is -1.07. The third kappa shape index (κ3) is 5.29. The first-order valence-electron chi connectivity index (χ1n) is 8.67. The van der Waals surface area contributed by atoms with Gasteiger partial charge in [-0.3, -0.25) is 9.89 Å².